The zero-order valence-electron chi connectivity index (χ0n) is 19.0. The number of aromatic hydroxyl groups is 1. The van der Waals surface area contributed by atoms with Crippen LogP contribution < -0.4 is 10.8 Å². The van der Waals surface area contributed by atoms with Gasteiger partial charge in [-0.15, -0.1) is 0 Å². The first-order valence-electron chi connectivity index (χ1n) is 10.9. The van der Waals surface area contributed by atoms with E-state index in [0.29, 0.717) is 17.9 Å². The molecule has 162 valence electrons. The number of aliphatic imine (C=N–C) groups is 1. The van der Waals surface area contributed by atoms with Crippen molar-refractivity contribution in [2.75, 3.05) is 5.32 Å². The maximum absolute atomic E-state index is 10.6. The molecule has 3 aromatic rings. The van der Waals surface area contributed by atoms with Crippen molar-refractivity contribution < 1.29 is 14.4 Å². The van der Waals surface area contributed by atoms with Crippen molar-refractivity contribution in [2.45, 2.75) is 59.3 Å². The van der Waals surface area contributed by atoms with Crippen molar-refractivity contribution in [3.05, 3.63) is 53.6 Å². The molecule has 0 saturated carbocycles. The number of nitrogens with zero attached hydrogens (tertiary/aromatic N) is 1. The fourth-order valence-electron chi connectivity index (χ4n) is 3.81. The van der Waals surface area contributed by atoms with Crippen molar-refractivity contribution in [1.29, 1.82) is 0 Å². The highest BCUT2D eigenvalue weighted by atomic mass is 16.7. The molecule has 0 aliphatic carbocycles. The van der Waals surface area contributed by atoms with Crippen LogP contribution in [0.15, 0.2) is 47.5 Å². The van der Waals surface area contributed by atoms with E-state index in [9.17, 15) is 5.11 Å². The van der Waals surface area contributed by atoms with Gasteiger partial charge >= 0.3 is 7.12 Å². The maximum atomic E-state index is 10.6. The number of fused-ring (bicyclic) bond motifs is 2. The van der Waals surface area contributed by atoms with Crippen LogP contribution in [0.25, 0.3) is 10.9 Å². The molecule has 2 aliphatic rings. The van der Waals surface area contributed by atoms with E-state index in [2.05, 4.69) is 15.3 Å². The molecule has 0 bridgehead atoms. The van der Waals surface area contributed by atoms with Crippen LogP contribution in [0.3, 0.4) is 0 Å². The van der Waals surface area contributed by atoms with E-state index in [1.54, 1.807) is 0 Å². The normalized spacial score (nSPS) is 18.6. The Labute approximate surface area is 183 Å². The molecular formula is C24H30BN3O3. The molecule has 7 heteroatoms. The highest BCUT2D eigenvalue weighted by Crippen LogP contribution is 2.37. The van der Waals surface area contributed by atoms with E-state index in [4.69, 9.17) is 9.31 Å². The van der Waals surface area contributed by atoms with Crippen LogP contribution in [0, 0.1) is 0 Å². The van der Waals surface area contributed by atoms with Gasteiger partial charge in [0.1, 0.15) is 5.84 Å². The standard InChI is InChI=1S/C22H24BN3O3.C2H6/c1-21(2)22(3,4)29-23(28-21)14-9-10-17-15(11-14)18(20(27)26-17)19-24-12-13-7-5-6-8-16(13)25-19;1-2/h5-11,26-27H,12H2,1-4H3,(H,24,25);1-2H3. The third kappa shape index (κ3) is 3.62. The number of rotatable bonds is 2. The molecule has 1 fully saturated rings. The average molecular weight is 419 g/mol. The number of benzene rings is 2. The van der Waals surface area contributed by atoms with E-state index in [0.717, 1.165) is 27.6 Å². The number of hydrogen-bond donors (Lipinski definition) is 3. The van der Waals surface area contributed by atoms with E-state index in [1.807, 2.05) is 84.0 Å². The first-order valence-corrected chi connectivity index (χ1v) is 10.9. The Morgan fingerprint density at radius 3 is 2.39 bits per heavy atom. The molecule has 5 rings (SSSR count). The lowest BCUT2D eigenvalue weighted by atomic mass is 9.78. The second-order valence-electron chi connectivity index (χ2n) is 8.69. The molecule has 3 heterocycles. The summed E-state index contributed by atoms with van der Waals surface area (Å²) in [5.74, 6) is 0.746. The van der Waals surface area contributed by atoms with Crippen molar-refractivity contribution in [3.63, 3.8) is 0 Å². The maximum Gasteiger partial charge on any atom is 0.494 e. The molecule has 3 N–H and O–H groups in total. The first-order chi connectivity index (χ1) is 14.7. The summed E-state index contributed by atoms with van der Waals surface area (Å²) >= 11 is 0. The third-order valence-corrected chi connectivity index (χ3v) is 6.24. The van der Waals surface area contributed by atoms with Crippen LogP contribution in [0.4, 0.5) is 5.69 Å². The van der Waals surface area contributed by atoms with E-state index < -0.39 is 18.3 Å². The monoisotopic (exact) mass is 419 g/mol. The summed E-state index contributed by atoms with van der Waals surface area (Å²) in [7, 11) is -0.462. The van der Waals surface area contributed by atoms with E-state index >= 15 is 0 Å². The molecule has 0 radical (unpaired) electrons. The van der Waals surface area contributed by atoms with Gasteiger partial charge in [-0.1, -0.05) is 44.2 Å². The van der Waals surface area contributed by atoms with Crippen LogP contribution in [0.2, 0.25) is 0 Å². The highest BCUT2D eigenvalue weighted by molar-refractivity contribution is 6.62. The van der Waals surface area contributed by atoms with Gasteiger partial charge in [0.2, 0.25) is 5.88 Å². The predicted octanol–water partition coefficient (Wildman–Crippen LogP) is 4.57. The fraction of sp³-hybridized carbons (Fsp3) is 0.375. The summed E-state index contributed by atoms with van der Waals surface area (Å²) in [6.07, 6.45) is 0. The number of aromatic amines is 1. The van der Waals surface area contributed by atoms with Crippen molar-refractivity contribution >= 4 is 35.0 Å². The fourth-order valence-corrected chi connectivity index (χ4v) is 3.81. The topological polar surface area (TPSA) is 78.9 Å². The Balaban J connectivity index is 0.00000112. The number of H-pyrrole nitrogens is 1. The second-order valence-corrected chi connectivity index (χ2v) is 8.69. The zero-order chi connectivity index (χ0) is 22.4. The Bertz CT molecular complexity index is 1130. The Morgan fingerprint density at radius 1 is 1.00 bits per heavy atom. The molecule has 31 heavy (non-hydrogen) atoms. The number of hydrogen-bond acceptors (Lipinski definition) is 5. The molecule has 0 amide bonds. The number of aromatic nitrogens is 1. The van der Waals surface area contributed by atoms with Gasteiger partial charge in [-0.25, -0.2) is 0 Å². The quantitative estimate of drug-likeness (QED) is 0.532. The molecular weight excluding hydrogens is 389 g/mol. The number of nitrogens with one attached hydrogen (secondary N) is 2. The largest absolute Gasteiger partial charge is 0.494 e. The van der Waals surface area contributed by atoms with Gasteiger partial charge in [0.25, 0.3) is 0 Å². The van der Waals surface area contributed by atoms with Crippen molar-refractivity contribution in [3.8, 4) is 5.88 Å². The summed E-state index contributed by atoms with van der Waals surface area (Å²) in [6, 6.07) is 14.0. The summed E-state index contributed by atoms with van der Waals surface area (Å²) in [5.41, 5.74) is 3.73. The highest BCUT2D eigenvalue weighted by Gasteiger charge is 2.51. The molecule has 1 saturated heterocycles. The lowest BCUT2D eigenvalue weighted by Crippen LogP contribution is -2.41. The summed E-state index contributed by atoms with van der Waals surface area (Å²) < 4.78 is 12.4. The van der Waals surface area contributed by atoms with Crippen LogP contribution in [-0.2, 0) is 15.9 Å². The van der Waals surface area contributed by atoms with Gasteiger partial charge in [0, 0.05) is 16.6 Å². The Hall–Kier alpha value is -2.77. The Kier molecular flexibility index (Phi) is 5.35. The van der Waals surface area contributed by atoms with Gasteiger partial charge in [0.15, 0.2) is 0 Å². The van der Waals surface area contributed by atoms with Crippen LogP contribution in [0.1, 0.15) is 52.7 Å². The van der Waals surface area contributed by atoms with Gasteiger partial charge in [-0.3, -0.25) is 4.99 Å². The van der Waals surface area contributed by atoms with Crippen LogP contribution in [-0.4, -0.2) is 34.2 Å². The molecule has 2 aromatic carbocycles. The lowest BCUT2D eigenvalue weighted by Gasteiger charge is -2.32. The number of para-hydroxylation sites is 1. The third-order valence-electron chi connectivity index (χ3n) is 6.24. The van der Waals surface area contributed by atoms with E-state index in [1.165, 1.54) is 0 Å². The van der Waals surface area contributed by atoms with Gasteiger partial charge < -0.3 is 24.7 Å². The zero-order valence-corrected chi connectivity index (χ0v) is 19.0. The number of amidine groups is 1. The molecule has 0 atom stereocenters. The molecule has 6 nitrogen and oxygen atoms in total. The smallest absolute Gasteiger partial charge is 0.494 e. The Morgan fingerprint density at radius 2 is 1.68 bits per heavy atom. The average Bonchev–Trinajstić information content (AvgIpc) is 3.19. The van der Waals surface area contributed by atoms with E-state index in [-0.39, 0.29) is 5.88 Å². The van der Waals surface area contributed by atoms with Crippen LogP contribution in [0.5, 0.6) is 5.88 Å². The first kappa shape index (κ1) is 21.5. The minimum absolute atomic E-state index is 0.0942. The summed E-state index contributed by atoms with van der Waals surface area (Å²) in [6.45, 7) is 12.7. The number of anilines is 1. The molecule has 0 spiro atoms. The molecule has 0 unspecified atom stereocenters. The van der Waals surface area contributed by atoms with Crippen molar-refractivity contribution in [1.82, 2.24) is 4.98 Å². The van der Waals surface area contributed by atoms with Crippen LogP contribution >= 0.6 is 0 Å². The molecule has 2 aliphatic heterocycles. The van der Waals surface area contributed by atoms with Gasteiger partial charge in [-0.2, -0.15) is 0 Å². The molecule has 1 aromatic heterocycles. The SMILES string of the molecule is CC.CC1(C)OB(c2ccc3[nH]c(O)c(C4=NCc5ccccc5N4)c3c2)OC1(C)C. The minimum atomic E-state index is -0.462. The summed E-state index contributed by atoms with van der Waals surface area (Å²) in [4.78, 5) is 7.71. The van der Waals surface area contributed by atoms with Crippen molar-refractivity contribution in [2.24, 2.45) is 4.99 Å². The minimum Gasteiger partial charge on any atom is -0.494 e. The van der Waals surface area contributed by atoms with Gasteiger partial charge in [-0.05, 0) is 50.9 Å². The summed E-state index contributed by atoms with van der Waals surface area (Å²) in [5, 5.41) is 14.8. The lowest BCUT2D eigenvalue weighted by molar-refractivity contribution is 0.00578. The second kappa shape index (κ2) is 7.73. The van der Waals surface area contributed by atoms with Gasteiger partial charge in [0.05, 0.1) is 23.3 Å². The predicted molar refractivity (Wildman–Crippen MR) is 127 cm³/mol.